The molecule has 0 aromatic heterocycles. The number of hydrogen-bond donors (Lipinski definition) is 1. The van der Waals surface area contributed by atoms with Gasteiger partial charge in [0.05, 0.1) is 6.08 Å². The molecular formula is C15H18O3. The van der Waals surface area contributed by atoms with Gasteiger partial charge in [-0.1, -0.05) is 43.7 Å². The molecule has 1 atom stereocenters. The molecule has 0 radical (unpaired) electrons. The van der Waals surface area contributed by atoms with Crippen molar-refractivity contribution in [1.29, 1.82) is 0 Å². The first kappa shape index (κ1) is 12.7. The van der Waals surface area contributed by atoms with Gasteiger partial charge in [-0.3, -0.25) is 0 Å². The highest BCUT2D eigenvalue weighted by Gasteiger charge is 2.39. The van der Waals surface area contributed by atoms with Crippen molar-refractivity contribution < 1.29 is 14.6 Å². The molecule has 1 aliphatic rings. The molecule has 3 nitrogen and oxygen atoms in total. The maximum Gasteiger partial charge on any atom is 0.335 e. The summed E-state index contributed by atoms with van der Waals surface area (Å²) in [6.07, 6.45) is 4.24. The predicted molar refractivity (Wildman–Crippen MR) is 69.1 cm³/mol. The normalized spacial score (nSPS) is 23.4. The zero-order valence-electron chi connectivity index (χ0n) is 10.6. The fraction of sp³-hybridized carbons (Fsp3) is 0.400. The summed E-state index contributed by atoms with van der Waals surface area (Å²) in [5.74, 6) is -0.357. The van der Waals surface area contributed by atoms with Crippen LogP contribution in [0.5, 0.6) is 0 Å². The molecule has 1 heterocycles. The van der Waals surface area contributed by atoms with Crippen molar-refractivity contribution in [3.63, 3.8) is 0 Å². The minimum absolute atomic E-state index is 0.103. The van der Waals surface area contributed by atoms with Gasteiger partial charge >= 0.3 is 5.97 Å². The van der Waals surface area contributed by atoms with E-state index in [0.717, 1.165) is 30.9 Å². The van der Waals surface area contributed by atoms with Gasteiger partial charge in [0.25, 0.3) is 0 Å². The number of aliphatic hydroxyl groups excluding tert-OH is 1. The Kier molecular flexibility index (Phi) is 3.70. The molecule has 0 saturated heterocycles. The van der Waals surface area contributed by atoms with E-state index in [1.54, 1.807) is 0 Å². The molecule has 1 aromatic carbocycles. The van der Waals surface area contributed by atoms with Crippen LogP contribution in [0.1, 0.15) is 38.2 Å². The Hall–Kier alpha value is -1.77. The number of hydrogen-bond acceptors (Lipinski definition) is 3. The number of carbonyl (C=O) groups excluding carboxylic acids is 1. The van der Waals surface area contributed by atoms with Crippen LogP contribution in [0.2, 0.25) is 0 Å². The third-order valence-corrected chi connectivity index (χ3v) is 3.28. The van der Waals surface area contributed by atoms with Crippen molar-refractivity contribution in [2.75, 3.05) is 0 Å². The molecule has 0 saturated carbocycles. The molecule has 0 bridgehead atoms. The Labute approximate surface area is 107 Å². The highest BCUT2D eigenvalue weighted by molar-refractivity contribution is 5.84. The summed E-state index contributed by atoms with van der Waals surface area (Å²) < 4.78 is 5.56. The quantitative estimate of drug-likeness (QED) is 0.827. The number of unbranched alkanes of at least 4 members (excludes halogenated alkanes) is 1. The molecule has 96 valence electrons. The van der Waals surface area contributed by atoms with Crippen LogP contribution >= 0.6 is 0 Å². The summed E-state index contributed by atoms with van der Waals surface area (Å²) in [6, 6.07) is 9.67. The topological polar surface area (TPSA) is 46.5 Å². The standard InChI is InChI=1S/C15H18O3/c1-2-3-9-15(12-7-5-4-6-8-12)11-13(16)10-14(17)18-15/h4-8,10,16H,2-3,9,11H2,1H3. The van der Waals surface area contributed by atoms with Gasteiger partial charge in [0.1, 0.15) is 11.4 Å². The molecule has 1 aliphatic heterocycles. The first-order valence-corrected chi connectivity index (χ1v) is 6.34. The summed E-state index contributed by atoms with van der Waals surface area (Å²) in [7, 11) is 0. The van der Waals surface area contributed by atoms with E-state index in [1.807, 2.05) is 30.3 Å². The van der Waals surface area contributed by atoms with Crippen LogP contribution in [0.3, 0.4) is 0 Å². The number of esters is 1. The Morgan fingerprint density at radius 1 is 1.33 bits per heavy atom. The van der Waals surface area contributed by atoms with Crippen LogP contribution in [-0.4, -0.2) is 11.1 Å². The van der Waals surface area contributed by atoms with Crippen molar-refractivity contribution in [3.8, 4) is 0 Å². The van der Waals surface area contributed by atoms with Gasteiger partial charge < -0.3 is 9.84 Å². The van der Waals surface area contributed by atoms with Gasteiger partial charge in [-0.15, -0.1) is 0 Å². The van der Waals surface area contributed by atoms with Crippen molar-refractivity contribution in [2.24, 2.45) is 0 Å². The molecular weight excluding hydrogens is 228 g/mol. The zero-order valence-corrected chi connectivity index (χ0v) is 10.6. The molecule has 1 N–H and O–H groups in total. The van der Waals surface area contributed by atoms with Crippen LogP contribution in [-0.2, 0) is 15.1 Å². The predicted octanol–water partition coefficient (Wildman–Crippen LogP) is 3.46. The molecule has 0 amide bonds. The Balaban J connectivity index is 2.36. The lowest BCUT2D eigenvalue weighted by molar-refractivity contribution is -0.159. The molecule has 1 unspecified atom stereocenters. The number of carbonyl (C=O) groups is 1. The highest BCUT2D eigenvalue weighted by atomic mass is 16.6. The summed E-state index contributed by atoms with van der Waals surface area (Å²) in [5, 5.41) is 9.74. The highest BCUT2D eigenvalue weighted by Crippen LogP contribution is 2.39. The van der Waals surface area contributed by atoms with Crippen molar-refractivity contribution in [2.45, 2.75) is 38.2 Å². The first-order valence-electron chi connectivity index (χ1n) is 6.34. The maximum absolute atomic E-state index is 11.6. The lowest BCUT2D eigenvalue weighted by Gasteiger charge is -2.36. The van der Waals surface area contributed by atoms with E-state index in [2.05, 4.69) is 6.92 Å². The van der Waals surface area contributed by atoms with Gasteiger partial charge in [0.2, 0.25) is 0 Å². The summed E-state index contributed by atoms with van der Waals surface area (Å²) >= 11 is 0. The molecule has 3 heteroatoms. The van der Waals surface area contributed by atoms with Crippen LogP contribution in [0, 0.1) is 0 Å². The second kappa shape index (κ2) is 5.25. The number of aliphatic hydroxyl groups is 1. The van der Waals surface area contributed by atoms with Gasteiger partial charge in [0.15, 0.2) is 0 Å². The minimum Gasteiger partial charge on any atom is -0.512 e. The smallest absolute Gasteiger partial charge is 0.335 e. The van der Waals surface area contributed by atoms with E-state index < -0.39 is 11.6 Å². The lowest BCUT2D eigenvalue weighted by Crippen LogP contribution is -2.35. The monoisotopic (exact) mass is 246 g/mol. The van der Waals surface area contributed by atoms with Crippen molar-refractivity contribution in [1.82, 2.24) is 0 Å². The summed E-state index contributed by atoms with van der Waals surface area (Å²) in [5.41, 5.74) is 0.249. The number of ether oxygens (including phenoxy) is 1. The molecule has 0 aliphatic carbocycles. The van der Waals surface area contributed by atoms with E-state index in [-0.39, 0.29) is 5.76 Å². The minimum atomic E-state index is -0.701. The molecule has 1 aromatic rings. The second-order valence-electron chi connectivity index (χ2n) is 4.70. The molecule has 0 fully saturated rings. The lowest BCUT2D eigenvalue weighted by atomic mass is 9.83. The average Bonchev–Trinajstić information content (AvgIpc) is 2.36. The van der Waals surface area contributed by atoms with E-state index in [4.69, 9.17) is 4.74 Å². The van der Waals surface area contributed by atoms with Crippen LogP contribution < -0.4 is 0 Å². The van der Waals surface area contributed by atoms with E-state index >= 15 is 0 Å². The largest absolute Gasteiger partial charge is 0.512 e. The molecule has 0 spiro atoms. The summed E-state index contributed by atoms with van der Waals surface area (Å²) in [6.45, 7) is 2.10. The second-order valence-corrected chi connectivity index (χ2v) is 4.70. The fourth-order valence-corrected chi connectivity index (χ4v) is 2.39. The van der Waals surface area contributed by atoms with Gasteiger partial charge in [-0.25, -0.2) is 4.79 Å². The molecule has 18 heavy (non-hydrogen) atoms. The van der Waals surface area contributed by atoms with E-state index in [0.29, 0.717) is 6.42 Å². The van der Waals surface area contributed by atoms with Gasteiger partial charge in [-0.05, 0) is 18.4 Å². The van der Waals surface area contributed by atoms with Crippen molar-refractivity contribution in [3.05, 3.63) is 47.7 Å². The summed E-state index contributed by atoms with van der Waals surface area (Å²) in [4.78, 5) is 11.6. The maximum atomic E-state index is 11.6. The Morgan fingerprint density at radius 2 is 2.06 bits per heavy atom. The third kappa shape index (κ3) is 2.55. The third-order valence-electron chi connectivity index (χ3n) is 3.28. The molecule has 2 rings (SSSR count). The zero-order chi connectivity index (χ0) is 13.0. The Morgan fingerprint density at radius 3 is 2.67 bits per heavy atom. The van der Waals surface area contributed by atoms with Crippen molar-refractivity contribution >= 4 is 5.97 Å². The number of benzene rings is 1. The van der Waals surface area contributed by atoms with E-state index in [9.17, 15) is 9.90 Å². The Bertz CT molecular complexity index is 450. The number of cyclic esters (lactones) is 1. The van der Waals surface area contributed by atoms with Crippen LogP contribution in [0.25, 0.3) is 0 Å². The van der Waals surface area contributed by atoms with Crippen LogP contribution in [0.4, 0.5) is 0 Å². The van der Waals surface area contributed by atoms with Crippen LogP contribution in [0.15, 0.2) is 42.2 Å². The van der Waals surface area contributed by atoms with Gasteiger partial charge in [0, 0.05) is 6.42 Å². The first-order chi connectivity index (χ1) is 8.66. The number of rotatable bonds is 4. The average molecular weight is 246 g/mol. The van der Waals surface area contributed by atoms with E-state index in [1.165, 1.54) is 0 Å². The fourth-order valence-electron chi connectivity index (χ4n) is 2.39. The van der Waals surface area contributed by atoms with Gasteiger partial charge in [-0.2, -0.15) is 0 Å². The SMILES string of the molecule is CCCCC1(c2ccccc2)CC(O)=CC(=O)O1.